The van der Waals surface area contributed by atoms with Gasteiger partial charge in [-0.25, -0.2) is 4.79 Å². The lowest BCUT2D eigenvalue weighted by Crippen LogP contribution is -2.34. The molecule has 5 heteroatoms. The van der Waals surface area contributed by atoms with Crippen LogP contribution in [0.4, 0.5) is 0 Å². The Hall–Kier alpha value is -1.88. The normalized spacial score (nSPS) is 12.1. The summed E-state index contributed by atoms with van der Waals surface area (Å²) in [7, 11) is 1.73. The monoisotopic (exact) mass is 335 g/mol. The molecule has 1 aromatic rings. The molecule has 0 atom stereocenters. The Morgan fingerprint density at radius 2 is 1.58 bits per heavy atom. The van der Waals surface area contributed by atoms with E-state index in [0.717, 1.165) is 0 Å². The van der Waals surface area contributed by atoms with Crippen LogP contribution in [0.2, 0.25) is 0 Å². The second-order valence-electron chi connectivity index (χ2n) is 8.35. The summed E-state index contributed by atoms with van der Waals surface area (Å²) in [5.74, 6) is -1.25. The Morgan fingerprint density at radius 1 is 1.04 bits per heavy atom. The topological polar surface area (TPSA) is 66.8 Å². The summed E-state index contributed by atoms with van der Waals surface area (Å²) in [6.45, 7) is 12.8. The van der Waals surface area contributed by atoms with Crippen LogP contribution < -0.4 is 0 Å². The molecule has 0 aliphatic rings. The molecular weight excluding hydrogens is 306 g/mol. The third kappa shape index (κ3) is 6.71. The molecule has 0 heterocycles. The zero-order chi connectivity index (χ0) is 18.7. The zero-order valence-electron chi connectivity index (χ0n) is 15.8. The van der Waals surface area contributed by atoms with E-state index < -0.39 is 5.97 Å². The van der Waals surface area contributed by atoms with Crippen molar-refractivity contribution in [3.63, 3.8) is 0 Å². The molecule has 1 aromatic carbocycles. The van der Waals surface area contributed by atoms with Crippen molar-refractivity contribution in [2.24, 2.45) is 5.41 Å². The van der Waals surface area contributed by atoms with Crippen molar-refractivity contribution >= 4 is 11.9 Å². The first kappa shape index (κ1) is 20.2. The molecule has 1 rings (SSSR count). The number of benzene rings is 1. The van der Waals surface area contributed by atoms with E-state index in [1.165, 1.54) is 6.07 Å². The number of ether oxygens (including phenoxy) is 1. The fourth-order valence-corrected chi connectivity index (χ4v) is 2.33. The van der Waals surface area contributed by atoms with Gasteiger partial charge in [-0.05, 0) is 49.9 Å². The lowest BCUT2D eigenvalue weighted by Gasteiger charge is -2.27. The first-order valence-corrected chi connectivity index (χ1v) is 8.05. The second kappa shape index (κ2) is 7.34. The van der Waals surface area contributed by atoms with E-state index in [9.17, 15) is 14.7 Å². The first-order valence-electron chi connectivity index (χ1n) is 8.05. The summed E-state index contributed by atoms with van der Waals surface area (Å²) >= 11 is 0. The molecule has 0 saturated carbocycles. The number of hydrogen-bond donors (Lipinski definition) is 1. The SMILES string of the molecule is CN(CC(C)(C)C)C(=O)c1cc(COC(C)(C)C)cc(C(=O)O)c1. The van der Waals surface area contributed by atoms with Gasteiger partial charge in [-0.1, -0.05) is 20.8 Å². The Balaban J connectivity index is 3.11. The van der Waals surface area contributed by atoms with Crippen LogP contribution in [0.15, 0.2) is 18.2 Å². The smallest absolute Gasteiger partial charge is 0.335 e. The number of rotatable bonds is 5. The van der Waals surface area contributed by atoms with Crippen LogP contribution in [0.5, 0.6) is 0 Å². The molecule has 0 aromatic heterocycles. The quantitative estimate of drug-likeness (QED) is 0.888. The number of hydrogen-bond acceptors (Lipinski definition) is 3. The lowest BCUT2D eigenvalue weighted by molar-refractivity contribution is -0.0149. The van der Waals surface area contributed by atoms with Crippen molar-refractivity contribution in [2.45, 2.75) is 53.8 Å². The van der Waals surface area contributed by atoms with Crippen LogP contribution in [-0.4, -0.2) is 41.1 Å². The largest absolute Gasteiger partial charge is 0.478 e. The highest BCUT2D eigenvalue weighted by molar-refractivity contribution is 5.97. The van der Waals surface area contributed by atoms with Crippen LogP contribution in [0.1, 0.15) is 67.8 Å². The number of carbonyl (C=O) groups excluding carboxylic acids is 1. The van der Waals surface area contributed by atoms with E-state index in [1.807, 2.05) is 41.5 Å². The molecule has 0 saturated heterocycles. The minimum Gasteiger partial charge on any atom is -0.478 e. The van der Waals surface area contributed by atoms with E-state index in [1.54, 1.807) is 24.1 Å². The van der Waals surface area contributed by atoms with Crippen molar-refractivity contribution < 1.29 is 19.4 Å². The molecular formula is C19H29NO4. The fraction of sp³-hybridized carbons (Fsp3) is 0.579. The van der Waals surface area contributed by atoms with E-state index in [4.69, 9.17) is 4.74 Å². The molecule has 0 bridgehead atoms. The van der Waals surface area contributed by atoms with Gasteiger partial charge < -0.3 is 14.7 Å². The molecule has 1 amide bonds. The van der Waals surface area contributed by atoms with Crippen LogP contribution in [0, 0.1) is 5.41 Å². The molecule has 5 nitrogen and oxygen atoms in total. The Kier molecular flexibility index (Phi) is 6.17. The van der Waals surface area contributed by atoms with Crippen molar-refractivity contribution in [2.75, 3.05) is 13.6 Å². The van der Waals surface area contributed by atoms with Crippen molar-refractivity contribution in [1.29, 1.82) is 0 Å². The Labute approximate surface area is 144 Å². The molecule has 0 fully saturated rings. The minimum atomic E-state index is -1.06. The van der Waals surface area contributed by atoms with Gasteiger partial charge in [0.15, 0.2) is 0 Å². The van der Waals surface area contributed by atoms with Crippen LogP contribution in [0.25, 0.3) is 0 Å². The average Bonchev–Trinajstić information content (AvgIpc) is 2.41. The highest BCUT2D eigenvalue weighted by Crippen LogP contribution is 2.19. The highest BCUT2D eigenvalue weighted by atomic mass is 16.5. The Morgan fingerprint density at radius 3 is 2.04 bits per heavy atom. The first-order chi connectivity index (χ1) is 10.8. The number of carboxylic acids is 1. The van der Waals surface area contributed by atoms with Gasteiger partial charge in [-0.2, -0.15) is 0 Å². The van der Waals surface area contributed by atoms with Gasteiger partial charge in [-0.3, -0.25) is 4.79 Å². The van der Waals surface area contributed by atoms with Crippen molar-refractivity contribution in [1.82, 2.24) is 4.90 Å². The van der Waals surface area contributed by atoms with Gasteiger partial charge in [-0.15, -0.1) is 0 Å². The summed E-state index contributed by atoms with van der Waals surface area (Å²) in [4.78, 5) is 25.6. The van der Waals surface area contributed by atoms with E-state index in [2.05, 4.69) is 0 Å². The standard InChI is InChI=1S/C19H29NO4/c1-18(2,3)12-20(7)16(21)14-8-13(11-24-19(4,5)6)9-15(10-14)17(22)23/h8-10H,11-12H2,1-7H3,(H,22,23). The third-order valence-electron chi connectivity index (χ3n) is 3.22. The van der Waals surface area contributed by atoms with Gasteiger partial charge in [0.25, 0.3) is 5.91 Å². The molecule has 0 unspecified atom stereocenters. The molecule has 0 spiro atoms. The predicted octanol–water partition coefficient (Wildman–Crippen LogP) is 3.82. The molecule has 0 radical (unpaired) electrons. The maximum absolute atomic E-state index is 12.6. The van der Waals surface area contributed by atoms with E-state index in [-0.39, 0.29) is 29.1 Å². The van der Waals surface area contributed by atoms with Crippen molar-refractivity contribution in [3.05, 3.63) is 34.9 Å². The molecule has 24 heavy (non-hydrogen) atoms. The van der Waals surface area contributed by atoms with E-state index in [0.29, 0.717) is 17.7 Å². The minimum absolute atomic E-state index is 0.0347. The molecule has 1 N–H and O–H groups in total. The second-order valence-corrected chi connectivity index (χ2v) is 8.35. The highest BCUT2D eigenvalue weighted by Gasteiger charge is 2.21. The van der Waals surface area contributed by atoms with Gasteiger partial charge in [0.2, 0.25) is 0 Å². The number of aromatic carboxylic acids is 1. The fourth-order valence-electron chi connectivity index (χ4n) is 2.33. The number of carbonyl (C=O) groups is 2. The lowest BCUT2D eigenvalue weighted by atomic mass is 9.95. The maximum atomic E-state index is 12.6. The van der Waals surface area contributed by atoms with Crippen molar-refractivity contribution in [3.8, 4) is 0 Å². The van der Waals surface area contributed by atoms with Crippen LogP contribution in [-0.2, 0) is 11.3 Å². The summed E-state index contributed by atoms with van der Waals surface area (Å²) in [6.07, 6.45) is 0. The van der Waals surface area contributed by atoms with Crippen LogP contribution >= 0.6 is 0 Å². The Bertz CT molecular complexity index is 609. The van der Waals surface area contributed by atoms with Gasteiger partial charge in [0, 0.05) is 19.2 Å². The summed E-state index contributed by atoms with van der Waals surface area (Å²) < 4.78 is 5.71. The average molecular weight is 335 g/mol. The summed E-state index contributed by atoms with van der Waals surface area (Å²) in [5.41, 5.74) is 0.767. The molecule has 134 valence electrons. The number of amides is 1. The summed E-state index contributed by atoms with van der Waals surface area (Å²) in [6, 6.07) is 4.68. The van der Waals surface area contributed by atoms with E-state index >= 15 is 0 Å². The van der Waals surface area contributed by atoms with Gasteiger partial charge in [0.1, 0.15) is 0 Å². The van der Waals surface area contributed by atoms with Gasteiger partial charge in [0.05, 0.1) is 17.8 Å². The predicted molar refractivity (Wildman–Crippen MR) is 94.4 cm³/mol. The molecule has 0 aliphatic carbocycles. The third-order valence-corrected chi connectivity index (χ3v) is 3.22. The zero-order valence-corrected chi connectivity index (χ0v) is 15.8. The van der Waals surface area contributed by atoms with Crippen LogP contribution in [0.3, 0.4) is 0 Å². The number of nitrogens with zero attached hydrogens (tertiary/aromatic N) is 1. The maximum Gasteiger partial charge on any atom is 0.335 e. The number of carboxylic acid groups (broad SMARTS) is 1. The molecule has 0 aliphatic heterocycles. The summed E-state index contributed by atoms with van der Waals surface area (Å²) in [5, 5.41) is 9.30. The van der Waals surface area contributed by atoms with Gasteiger partial charge >= 0.3 is 5.97 Å².